The average Bonchev–Trinajstić information content (AvgIpc) is 2.84. The molecule has 0 aliphatic carbocycles. The first-order chi connectivity index (χ1) is 16.7. The maximum Gasteiger partial charge on any atom is 0.402 e. The molecule has 2 aromatic carbocycles. The standard InChI is InChI=1S/C23H24O12.ClH/c1-31-14-3-9(4-15(32-2)18(14)27)22-16(7-11-12(26)5-10(25)6-13(11)33-22)34-23-21(30)20(29)19(28)17(8-24)35-23;/h3-7,17,19-21,23-24,28-30H,8H2,1-2H3,(H2-,25,26,27);1H/t17-,19-,20+,21-,23-;/m0./s1. The summed E-state index contributed by atoms with van der Waals surface area (Å²) < 4.78 is 27.5. The van der Waals surface area contributed by atoms with Crippen LogP contribution in [0.3, 0.4) is 0 Å². The van der Waals surface area contributed by atoms with E-state index in [2.05, 4.69) is 0 Å². The minimum absolute atomic E-state index is 0. The molecule has 1 aliphatic rings. The Kier molecular flexibility index (Phi) is 8.19. The van der Waals surface area contributed by atoms with Crippen LogP contribution in [0.25, 0.3) is 22.3 Å². The quantitative estimate of drug-likeness (QED) is 0.170. The van der Waals surface area contributed by atoms with Crippen LogP contribution in [-0.2, 0) is 4.74 Å². The van der Waals surface area contributed by atoms with Crippen molar-refractivity contribution >= 4 is 11.0 Å². The van der Waals surface area contributed by atoms with Gasteiger partial charge in [0.2, 0.25) is 17.8 Å². The minimum atomic E-state index is -1.71. The van der Waals surface area contributed by atoms with Crippen LogP contribution in [0.5, 0.6) is 34.5 Å². The van der Waals surface area contributed by atoms with Crippen LogP contribution >= 0.6 is 0 Å². The highest BCUT2D eigenvalue weighted by molar-refractivity contribution is 5.88. The number of aliphatic hydroxyl groups excluding tert-OH is 4. The molecule has 0 saturated carbocycles. The molecule has 196 valence electrons. The molecular formula is C23H25ClO12. The monoisotopic (exact) mass is 528 g/mol. The van der Waals surface area contributed by atoms with Crippen molar-refractivity contribution in [2.75, 3.05) is 20.8 Å². The molecule has 1 aromatic heterocycles. The molecule has 0 amide bonds. The van der Waals surface area contributed by atoms with Gasteiger partial charge in [0.1, 0.15) is 41.3 Å². The van der Waals surface area contributed by atoms with Crippen molar-refractivity contribution in [1.29, 1.82) is 0 Å². The maximum absolute atomic E-state index is 10.4. The van der Waals surface area contributed by atoms with Crippen LogP contribution < -0.4 is 26.6 Å². The Hall–Kier alpha value is -3.26. The van der Waals surface area contributed by atoms with Gasteiger partial charge in [-0.25, -0.2) is 4.42 Å². The average molecular weight is 529 g/mol. The molecule has 1 aliphatic heterocycles. The zero-order valence-corrected chi connectivity index (χ0v) is 19.8. The van der Waals surface area contributed by atoms with Crippen molar-refractivity contribution in [1.82, 2.24) is 0 Å². The highest BCUT2D eigenvalue weighted by Gasteiger charge is 2.45. The first-order valence-corrected chi connectivity index (χ1v) is 10.4. The van der Waals surface area contributed by atoms with E-state index >= 15 is 0 Å². The van der Waals surface area contributed by atoms with Crippen molar-refractivity contribution in [3.8, 4) is 45.8 Å². The van der Waals surface area contributed by atoms with Crippen LogP contribution in [0.2, 0.25) is 0 Å². The third-order valence-corrected chi connectivity index (χ3v) is 5.65. The summed E-state index contributed by atoms with van der Waals surface area (Å²) in [6.45, 7) is -0.661. The van der Waals surface area contributed by atoms with Gasteiger partial charge in [-0.3, -0.25) is 0 Å². The Bertz CT molecular complexity index is 1210. The Labute approximate surface area is 210 Å². The van der Waals surface area contributed by atoms with Gasteiger partial charge in [-0.1, -0.05) is 0 Å². The summed E-state index contributed by atoms with van der Waals surface area (Å²) in [7, 11) is 2.66. The molecule has 0 bridgehead atoms. The molecule has 0 radical (unpaired) electrons. The number of rotatable bonds is 6. The predicted molar refractivity (Wildman–Crippen MR) is 119 cm³/mol. The maximum atomic E-state index is 10.4. The molecule has 3 aromatic rings. The number of hydrogen-bond donors (Lipinski definition) is 7. The highest BCUT2D eigenvalue weighted by Crippen LogP contribution is 2.45. The van der Waals surface area contributed by atoms with Crippen LogP contribution in [0.4, 0.5) is 0 Å². The second-order valence-corrected chi connectivity index (χ2v) is 7.86. The van der Waals surface area contributed by atoms with Gasteiger partial charge in [0.25, 0.3) is 0 Å². The Morgan fingerprint density at radius 2 is 1.50 bits per heavy atom. The summed E-state index contributed by atoms with van der Waals surface area (Å²) in [6.07, 6.45) is -7.77. The topological polar surface area (TPSA) is 190 Å². The number of hydrogen-bond acceptors (Lipinski definition) is 11. The van der Waals surface area contributed by atoms with Gasteiger partial charge in [-0.05, 0) is 0 Å². The Morgan fingerprint density at radius 3 is 2.08 bits per heavy atom. The smallest absolute Gasteiger partial charge is 0.402 e. The van der Waals surface area contributed by atoms with Crippen molar-refractivity contribution < 1.29 is 71.5 Å². The van der Waals surface area contributed by atoms with Crippen molar-refractivity contribution in [2.45, 2.75) is 30.7 Å². The molecule has 2 heterocycles. The lowest BCUT2D eigenvalue weighted by atomic mass is 9.99. The number of benzene rings is 2. The Morgan fingerprint density at radius 1 is 0.861 bits per heavy atom. The lowest BCUT2D eigenvalue weighted by molar-refractivity contribution is -0.277. The summed E-state index contributed by atoms with van der Waals surface area (Å²) in [6, 6.07) is 6.50. The molecular weight excluding hydrogens is 504 g/mol. The number of fused-ring (bicyclic) bond motifs is 1. The molecule has 5 atom stereocenters. The molecule has 7 N–H and O–H groups in total. The van der Waals surface area contributed by atoms with Crippen molar-refractivity contribution in [3.63, 3.8) is 0 Å². The zero-order chi connectivity index (χ0) is 25.4. The van der Waals surface area contributed by atoms with E-state index in [0.29, 0.717) is 0 Å². The second-order valence-electron chi connectivity index (χ2n) is 7.86. The summed E-state index contributed by atoms with van der Waals surface area (Å²) in [5.41, 5.74) is 0.325. The zero-order valence-electron chi connectivity index (χ0n) is 19.0. The lowest BCUT2D eigenvalue weighted by Crippen LogP contribution is -3.00. The van der Waals surface area contributed by atoms with Gasteiger partial charge in [0.15, 0.2) is 11.5 Å². The number of methoxy groups -OCH3 is 2. The largest absolute Gasteiger partial charge is 1.00 e. The molecule has 12 nitrogen and oxygen atoms in total. The third-order valence-electron chi connectivity index (χ3n) is 5.65. The van der Waals surface area contributed by atoms with Crippen molar-refractivity contribution in [3.05, 3.63) is 30.3 Å². The Balaban J connectivity index is 0.00000361. The van der Waals surface area contributed by atoms with Crippen molar-refractivity contribution in [2.24, 2.45) is 0 Å². The molecule has 36 heavy (non-hydrogen) atoms. The normalized spacial score (nSPS) is 23.7. The number of phenols is 3. The van der Waals surface area contributed by atoms with Gasteiger partial charge < -0.3 is 67.1 Å². The first-order valence-electron chi connectivity index (χ1n) is 10.4. The predicted octanol–water partition coefficient (Wildman–Crippen LogP) is -2.30. The van der Waals surface area contributed by atoms with Crippen LogP contribution in [-0.4, -0.2) is 87.3 Å². The van der Waals surface area contributed by atoms with Gasteiger partial charge >= 0.3 is 11.3 Å². The number of halogens is 1. The van der Waals surface area contributed by atoms with Gasteiger partial charge in [0, 0.05) is 24.3 Å². The van der Waals surface area contributed by atoms with E-state index in [1.54, 1.807) is 0 Å². The van der Waals surface area contributed by atoms with E-state index in [4.69, 9.17) is 23.4 Å². The number of phenolic OH excluding ortho intramolecular Hbond substituents is 3. The van der Waals surface area contributed by atoms with E-state index in [0.717, 1.165) is 6.07 Å². The molecule has 1 saturated heterocycles. The fraction of sp³-hybridized carbons (Fsp3) is 0.348. The van der Waals surface area contributed by atoms with Gasteiger partial charge in [-0.2, -0.15) is 0 Å². The molecule has 0 spiro atoms. The number of aliphatic hydroxyl groups is 4. The molecule has 0 unspecified atom stereocenters. The fourth-order valence-corrected chi connectivity index (χ4v) is 3.79. The van der Waals surface area contributed by atoms with Crippen LogP contribution in [0.1, 0.15) is 0 Å². The summed E-state index contributed by atoms with van der Waals surface area (Å²) in [4.78, 5) is 0. The second kappa shape index (κ2) is 10.8. The summed E-state index contributed by atoms with van der Waals surface area (Å²) in [5.74, 6) is -0.928. The number of ether oxygens (including phenoxy) is 4. The molecule has 13 heteroatoms. The van der Waals surface area contributed by atoms with Gasteiger partial charge in [-0.15, -0.1) is 0 Å². The van der Waals surface area contributed by atoms with E-state index in [9.17, 15) is 35.7 Å². The van der Waals surface area contributed by atoms with Gasteiger partial charge in [0.05, 0.1) is 32.5 Å². The number of aromatic hydroxyl groups is 3. The molecule has 4 rings (SSSR count). The van der Waals surface area contributed by atoms with E-state index in [1.165, 1.54) is 38.5 Å². The van der Waals surface area contributed by atoms with E-state index in [1.807, 2.05) is 0 Å². The van der Waals surface area contributed by atoms with Crippen LogP contribution in [0.15, 0.2) is 34.7 Å². The van der Waals surface area contributed by atoms with Crippen LogP contribution in [0, 0.1) is 0 Å². The SMILES string of the molecule is COc1cc(-c2[o+]c3cc(O)cc(O)c3cc2O[C@H]2O[C@@H](CO)[C@H](O)[C@@H](O)[C@@H]2O)cc(OC)c1O.[Cl-]. The lowest BCUT2D eigenvalue weighted by Gasteiger charge is -2.39. The summed E-state index contributed by atoms with van der Waals surface area (Å²) >= 11 is 0. The molecule has 1 fully saturated rings. The van der Waals surface area contributed by atoms with E-state index in [-0.39, 0.29) is 69.2 Å². The summed E-state index contributed by atoms with van der Waals surface area (Å²) in [5, 5.41) is 70.7. The first kappa shape index (κ1) is 27.3. The minimum Gasteiger partial charge on any atom is -1.00 e. The fourth-order valence-electron chi connectivity index (χ4n) is 3.79. The third kappa shape index (κ3) is 4.87. The van der Waals surface area contributed by atoms with E-state index < -0.39 is 37.3 Å². The highest BCUT2D eigenvalue weighted by atomic mass is 35.5.